The monoisotopic (exact) mass is 588 g/mol. The topological polar surface area (TPSA) is 74.8 Å². The molecule has 1 unspecified atom stereocenters. The minimum Gasteiger partial charge on any atom is -0.457 e. The first-order valence-corrected chi connectivity index (χ1v) is 15.5. The van der Waals surface area contributed by atoms with Gasteiger partial charge in [-0.25, -0.2) is 4.99 Å². The Hall–Kier alpha value is -4.75. The summed E-state index contributed by atoms with van der Waals surface area (Å²) in [5.74, 6) is 2.97. The Morgan fingerprint density at radius 1 is 0.907 bits per heavy atom. The fourth-order valence-corrected chi connectivity index (χ4v) is 5.72. The van der Waals surface area contributed by atoms with Crippen LogP contribution < -0.4 is 20.7 Å². The number of nitrogens with one attached hydrogen (secondary N) is 3. The van der Waals surface area contributed by atoms with Crippen molar-refractivity contribution in [1.29, 1.82) is 0 Å². The van der Waals surface area contributed by atoms with Crippen LogP contribution in [0.5, 0.6) is 11.5 Å². The Morgan fingerprint density at radius 3 is 2.33 bits per heavy atom. The molecular formula is C36H36N4O2S. The molecular weight excluding hydrogens is 552 g/mol. The number of hydrogen-bond donors (Lipinski definition) is 3. The van der Waals surface area contributed by atoms with Gasteiger partial charge in [-0.3, -0.25) is 4.79 Å². The number of carbonyl (C=O) groups is 1. The highest BCUT2D eigenvalue weighted by molar-refractivity contribution is 8.03. The van der Waals surface area contributed by atoms with Crippen LogP contribution in [0.4, 0.5) is 11.4 Å². The van der Waals surface area contributed by atoms with Gasteiger partial charge in [-0.2, -0.15) is 0 Å². The van der Waals surface area contributed by atoms with Crippen LogP contribution >= 0.6 is 11.8 Å². The summed E-state index contributed by atoms with van der Waals surface area (Å²) < 4.78 is 5.86. The molecule has 0 spiro atoms. The van der Waals surface area contributed by atoms with Gasteiger partial charge >= 0.3 is 0 Å². The third-order valence-electron chi connectivity index (χ3n) is 6.71. The first-order chi connectivity index (χ1) is 21.1. The predicted molar refractivity (Wildman–Crippen MR) is 180 cm³/mol. The number of ether oxygens (including phenoxy) is 1. The molecule has 1 atom stereocenters. The molecule has 43 heavy (non-hydrogen) atoms. The lowest BCUT2D eigenvalue weighted by Gasteiger charge is -2.27. The molecule has 1 heterocycles. The summed E-state index contributed by atoms with van der Waals surface area (Å²) in [6, 6.07) is 35.2. The summed E-state index contributed by atoms with van der Waals surface area (Å²) in [6.45, 7) is 6.48. The van der Waals surface area contributed by atoms with Gasteiger partial charge in [-0.05, 0) is 71.2 Å². The van der Waals surface area contributed by atoms with Gasteiger partial charge in [0.2, 0.25) is 5.91 Å². The zero-order valence-electron chi connectivity index (χ0n) is 24.3. The van der Waals surface area contributed by atoms with E-state index in [1.165, 1.54) is 0 Å². The maximum absolute atomic E-state index is 13.1. The lowest BCUT2D eigenvalue weighted by molar-refractivity contribution is -0.111. The number of thioether (sulfide) groups is 1. The van der Waals surface area contributed by atoms with E-state index in [4.69, 9.17) is 9.73 Å². The smallest absolute Gasteiger partial charge is 0.249 e. The first kappa shape index (κ1) is 29.7. The van der Waals surface area contributed by atoms with E-state index in [1.54, 1.807) is 17.8 Å². The molecule has 5 rings (SSSR count). The van der Waals surface area contributed by atoms with Crippen molar-refractivity contribution in [1.82, 2.24) is 5.32 Å². The van der Waals surface area contributed by atoms with Gasteiger partial charge in [0.1, 0.15) is 23.5 Å². The zero-order chi connectivity index (χ0) is 29.9. The number of allylic oxidation sites excluding steroid dienone is 1. The summed E-state index contributed by atoms with van der Waals surface area (Å²) in [5, 5.41) is 9.96. The van der Waals surface area contributed by atoms with Gasteiger partial charge in [-0.1, -0.05) is 80.6 Å². The highest BCUT2D eigenvalue weighted by Gasteiger charge is 2.21. The quantitative estimate of drug-likeness (QED) is 0.114. The number of rotatable bonds is 12. The lowest BCUT2D eigenvalue weighted by atomic mass is 10.1. The molecule has 1 amide bonds. The van der Waals surface area contributed by atoms with Gasteiger partial charge in [0, 0.05) is 35.1 Å². The van der Waals surface area contributed by atoms with Crippen molar-refractivity contribution >= 4 is 34.9 Å². The Balaban J connectivity index is 1.26. The van der Waals surface area contributed by atoms with Crippen molar-refractivity contribution in [2.75, 3.05) is 16.4 Å². The SMILES string of the molecule is C=C(C/C(=C\C(=O)Nc1ccc(Oc2ccccc2)cc1)SCCCC)NC1=NC(c2ccccc2)Nc2ccccc21. The van der Waals surface area contributed by atoms with Crippen LogP contribution in [0.3, 0.4) is 0 Å². The fraction of sp³-hybridized carbons (Fsp3) is 0.167. The molecule has 0 saturated carbocycles. The molecule has 0 aliphatic carbocycles. The summed E-state index contributed by atoms with van der Waals surface area (Å²) in [5.41, 5.74) is 4.54. The summed E-state index contributed by atoms with van der Waals surface area (Å²) in [4.78, 5) is 19.0. The van der Waals surface area contributed by atoms with Gasteiger partial charge in [0.15, 0.2) is 0 Å². The number of aliphatic imine (C=N–C) groups is 1. The number of fused-ring (bicyclic) bond motifs is 1. The highest BCUT2D eigenvalue weighted by atomic mass is 32.2. The van der Waals surface area contributed by atoms with Crippen molar-refractivity contribution < 1.29 is 9.53 Å². The van der Waals surface area contributed by atoms with Crippen molar-refractivity contribution in [2.24, 2.45) is 4.99 Å². The molecule has 4 aromatic rings. The van der Waals surface area contributed by atoms with Gasteiger partial charge in [0.05, 0.1) is 0 Å². The van der Waals surface area contributed by atoms with Crippen LogP contribution in [-0.4, -0.2) is 17.5 Å². The summed E-state index contributed by atoms with van der Waals surface area (Å²) >= 11 is 1.69. The second-order valence-corrected chi connectivity index (χ2v) is 11.3. The summed E-state index contributed by atoms with van der Waals surface area (Å²) in [7, 11) is 0. The third-order valence-corrected chi connectivity index (χ3v) is 7.83. The molecule has 3 N–H and O–H groups in total. The number of nitrogens with zero attached hydrogens (tertiary/aromatic N) is 1. The second kappa shape index (κ2) is 14.9. The van der Waals surface area contributed by atoms with Gasteiger partial charge in [-0.15, -0.1) is 11.8 Å². The minimum atomic E-state index is -0.212. The van der Waals surface area contributed by atoms with E-state index in [0.29, 0.717) is 17.9 Å². The van der Waals surface area contributed by atoms with E-state index in [2.05, 4.69) is 47.7 Å². The number of unbranched alkanes of at least 4 members (excludes halogenated alkanes) is 1. The van der Waals surface area contributed by atoms with Crippen LogP contribution in [0.1, 0.15) is 43.5 Å². The number of amides is 1. The Kier molecular flexibility index (Phi) is 10.3. The number of carbonyl (C=O) groups excluding carboxylic acids is 1. The molecule has 1 aliphatic rings. The number of amidine groups is 1. The molecule has 1 aliphatic heterocycles. The largest absolute Gasteiger partial charge is 0.457 e. The molecule has 4 aromatic carbocycles. The van der Waals surface area contributed by atoms with E-state index in [0.717, 1.165) is 57.6 Å². The fourth-order valence-electron chi connectivity index (χ4n) is 4.56. The Morgan fingerprint density at radius 2 is 1.58 bits per heavy atom. The number of anilines is 2. The standard InChI is InChI=1S/C36H36N4O2S/c1-3-4-23-43-31(25-34(41)38-28-19-21-30(22-20-28)42-29-15-9-6-10-16-29)24-26(2)37-36-32-17-11-12-18-33(32)39-35(40-36)27-13-7-5-8-14-27/h5-22,25,35,39H,2-4,23-24H2,1H3,(H,37,40)(H,38,41)/b31-25+. The maximum atomic E-state index is 13.1. The molecule has 0 radical (unpaired) electrons. The average Bonchev–Trinajstić information content (AvgIpc) is 3.03. The van der Waals surface area contributed by atoms with Gasteiger partial charge in [0.25, 0.3) is 0 Å². The number of para-hydroxylation sites is 2. The normalized spacial score (nSPS) is 14.1. The van der Waals surface area contributed by atoms with E-state index < -0.39 is 0 Å². The second-order valence-electron chi connectivity index (χ2n) is 10.1. The predicted octanol–water partition coefficient (Wildman–Crippen LogP) is 8.90. The first-order valence-electron chi connectivity index (χ1n) is 14.5. The molecule has 0 saturated heterocycles. The van der Waals surface area contributed by atoms with Crippen LogP contribution in [0.25, 0.3) is 0 Å². The lowest BCUT2D eigenvalue weighted by Crippen LogP contribution is -2.30. The average molecular weight is 589 g/mol. The Bertz CT molecular complexity index is 1580. The highest BCUT2D eigenvalue weighted by Crippen LogP contribution is 2.30. The van der Waals surface area contributed by atoms with Crippen LogP contribution in [-0.2, 0) is 4.79 Å². The van der Waals surface area contributed by atoms with Crippen LogP contribution in [0.2, 0.25) is 0 Å². The van der Waals surface area contributed by atoms with Crippen molar-refractivity contribution in [3.8, 4) is 11.5 Å². The molecule has 6 nitrogen and oxygen atoms in total. The zero-order valence-corrected chi connectivity index (χ0v) is 25.1. The van der Waals surface area contributed by atoms with Gasteiger partial charge < -0.3 is 20.7 Å². The van der Waals surface area contributed by atoms with E-state index in [9.17, 15) is 4.79 Å². The van der Waals surface area contributed by atoms with Crippen LogP contribution in [0.15, 0.2) is 137 Å². The van der Waals surface area contributed by atoms with E-state index in [1.807, 2.05) is 91.0 Å². The van der Waals surface area contributed by atoms with Crippen molar-refractivity contribution in [2.45, 2.75) is 32.4 Å². The molecule has 0 aromatic heterocycles. The molecule has 218 valence electrons. The molecule has 0 fully saturated rings. The Labute approximate surface area is 258 Å². The maximum Gasteiger partial charge on any atom is 0.249 e. The van der Waals surface area contributed by atoms with E-state index in [-0.39, 0.29) is 12.1 Å². The minimum absolute atomic E-state index is 0.183. The van der Waals surface area contributed by atoms with E-state index >= 15 is 0 Å². The van der Waals surface area contributed by atoms with Crippen LogP contribution in [0, 0.1) is 0 Å². The third kappa shape index (κ3) is 8.63. The number of hydrogen-bond acceptors (Lipinski definition) is 6. The number of benzene rings is 4. The molecule has 0 bridgehead atoms. The van der Waals surface area contributed by atoms with Crippen molar-refractivity contribution in [3.63, 3.8) is 0 Å². The molecule has 7 heteroatoms. The van der Waals surface area contributed by atoms with Crippen molar-refractivity contribution in [3.05, 3.63) is 144 Å². The summed E-state index contributed by atoms with van der Waals surface area (Å²) in [6.07, 6.45) is 4.13.